The average molecular weight is 179 g/mol. The molecule has 0 bridgehead atoms. The van der Waals surface area contributed by atoms with Crippen molar-refractivity contribution in [3.63, 3.8) is 0 Å². The van der Waals surface area contributed by atoms with Crippen molar-refractivity contribution >= 4 is 0 Å². The van der Waals surface area contributed by atoms with E-state index in [4.69, 9.17) is 10.2 Å². The van der Waals surface area contributed by atoms with Crippen LogP contribution in [0.15, 0.2) is 10.5 Å². The molecule has 0 spiro atoms. The molecule has 13 heavy (non-hydrogen) atoms. The first kappa shape index (κ1) is 8.82. The lowest BCUT2D eigenvalue weighted by Gasteiger charge is -2.26. The van der Waals surface area contributed by atoms with Crippen molar-refractivity contribution in [3.8, 4) is 0 Å². The molecule has 0 amide bonds. The molecule has 2 unspecified atom stereocenters. The second kappa shape index (κ2) is 3.18. The number of nitrogens with two attached hydrogens (primary N) is 1. The monoisotopic (exact) mass is 179 g/mol. The van der Waals surface area contributed by atoms with Gasteiger partial charge in [-0.3, -0.25) is 0 Å². The first-order valence-corrected chi connectivity index (χ1v) is 5.01. The van der Waals surface area contributed by atoms with Gasteiger partial charge in [-0.1, -0.05) is 6.92 Å². The fraction of sp³-hybridized carbons (Fsp3) is 0.636. The first-order valence-electron chi connectivity index (χ1n) is 5.01. The molecule has 0 saturated carbocycles. The highest BCUT2D eigenvalue weighted by Crippen LogP contribution is 2.36. The van der Waals surface area contributed by atoms with E-state index in [-0.39, 0.29) is 0 Å². The smallest absolute Gasteiger partial charge is 0.107 e. The molecule has 0 aromatic carbocycles. The Balaban J connectivity index is 2.38. The quantitative estimate of drug-likeness (QED) is 0.718. The summed E-state index contributed by atoms with van der Waals surface area (Å²) in [7, 11) is 0. The maximum absolute atomic E-state index is 5.78. The van der Waals surface area contributed by atoms with Gasteiger partial charge in [-0.15, -0.1) is 0 Å². The minimum absolute atomic E-state index is 0.515. The summed E-state index contributed by atoms with van der Waals surface area (Å²) in [6, 6.07) is 2.16. The zero-order valence-electron chi connectivity index (χ0n) is 8.34. The van der Waals surface area contributed by atoms with E-state index < -0.39 is 0 Å². The second-order valence-corrected chi connectivity index (χ2v) is 4.09. The zero-order valence-corrected chi connectivity index (χ0v) is 8.34. The van der Waals surface area contributed by atoms with Crippen molar-refractivity contribution in [1.29, 1.82) is 0 Å². The lowest BCUT2D eigenvalue weighted by atomic mass is 9.79. The van der Waals surface area contributed by atoms with Crippen molar-refractivity contribution in [3.05, 3.63) is 23.2 Å². The van der Waals surface area contributed by atoms with E-state index in [1.165, 1.54) is 17.7 Å². The molecular formula is C11H17NO. The maximum Gasteiger partial charge on any atom is 0.107 e. The van der Waals surface area contributed by atoms with Gasteiger partial charge in [0.2, 0.25) is 0 Å². The molecule has 1 aliphatic carbocycles. The Morgan fingerprint density at radius 1 is 1.62 bits per heavy atom. The lowest BCUT2D eigenvalue weighted by molar-refractivity contribution is 0.365. The predicted molar refractivity (Wildman–Crippen MR) is 52.7 cm³/mol. The standard InChI is InChI=1S/C11H17NO/c1-7-3-4-11-9(10(7)6-12)5-8(2)13-11/h5,7,10H,3-4,6,12H2,1-2H3. The third-order valence-corrected chi connectivity index (χ3v) is 3.13. The van der Waals surface area contributed by atoms with E-state index in [2.05, 4.69) is 13.0 Å². The molecule has 1 aromatic heterocycles. The summed E-state index contributed by atoms with van der Waals surface area (Å²) in [5, 5.41) is 0. The highest BCUT2D eigenvalue weighted by atomic mass is 16.3. The SMILES string of the molecule is Cc1cc2c(o1)CCC(C)C2CN. The Hall–Kier alpha value is -0.760. The third-order valence-electron chi connectivity index (χ3n) is 3.13. The van der Waals surface area contributed by atoms with Crippen LogP contribution in [0, 0.1) is 12.8 Å². The summed E-state index contributed by atoms with van der Waals surface area (Å²) in [4.78, 5) is 0. The Kier molecular flexibility index (Phi) is 2.16. The Morgan fingerprint density at radius 3 is 3.08 bits per heavy atom. The van der Waals surface area contributed by atoms with Gasteiger partial charge in [-0.2, -0.15) is 0 Å². The van der Waals surface area contributed by atoms with Crippen LogP contribution in [0.25, 0.3) is 0 Å². The van der Waals surface area contributed by atoms with E-state index in [1.807, 2.05) is 6.92 Å². The van der Waals surface area contributed by atoms with Crippen LogP contribution in [0.1, 0.15) is 36.3 Å². The molecule has 1 aliphatic rings. The van der Waals surface area contributed by atoms with Crippen molar-refractivity contribution in [1.82, 2.24) is 0 Å². The fourth-order valence-electron chi connectivity index (χ4n) is 2.32. The van der Waals surface area contributed by atoms with Gasteiger partial charge in [-0.25, -0.2) is 0 Å². The maximum atomic E-state index is 5.78. The Bertz CT molecular complexity index is 303. The van der Waals surface area contributed by atoms with Crippen LogP contribution in [-0.4, -0.2) is 6.54 Å². The van der Waals surface area contributed by atoms with E-state index >= 15 is 0 Å². The molecule has 2 heteroatoms. The van der Waals surface area contributed by atoms with E-state index in [0.717, 1.165) is 18.7 Å². The molecule has 72 valence electrons. The molecule has 1 aromatic rings. The van der Waals surface area contributed by atoms with Crippen molar-refractivity contribution in [2.75, 3.05) is 6.54 Å². The molecule has 0 aliphatic heterocycles. The van der Waals surface area contributed by atoms with E-state index in [1.54, 1.807) is 0 Å². The van der Waals surface area contributed by atoms with E-state index in [9.17, 15) is 0 Å². The first-order chi connectivity index (χ1) is 6.22. The molecular weight excluding hydrogens is 162 g/mol. The summed E-state index contributed by atoms with van der Waals surface area (Å²) < 4.78 is 5.63. The second-order valence-electron chi connectivity index (χ2n) is 4.09. The minimum atomic E-state index is 0.515. The Morgan fingerprint density at radius 2 is 2.38 bits per heavy atom. The van der Waals surface area contributed by atoms with Gasteiger partial charge in [0, 0.05) is 12.3 Å². The molecule has 0 saturated heterocycles. The summed E-state index contributed by atoms with van der Waals surface area (Å²) in [6.45, 7) is 5.03. The van der Waals surface area contributed by atoms with Crippen molar-refractivity contribution in [2.24, 2.45) is 11.7 Å². The number of hydrogen-bond donors (Lipinski definition) is 1. The molecule has 2 atom stereocenters. The molecule has 0 fully saturated rings. The molecule has 0 radical (unpaired) electrons. The topological polar surface area (TPSA) is 39.2 Å². The summed E-state index contributed by atoms with van der Waals surface area (Å²) in [5.41, 5.74) is 7.14. The molecule has 2 rings (SSSR count). The average Bonchev–Trinajstić information content (AvgIpc) is 2.45. The van der Waals surface area contributed by atoms with Gasteiger partial charge in [-0.05, 0) is 37.4 Å². The highest BCUT2D eigenvalue weighted by Gasteiger charge is 2.27. The molecule has 1 heterocycles. The van der Waals surface area contributed by atoms with Crippen molar-refractivity contribution in [2.45, 2.75) is 32.6 Å². The van der Waals surface area contributed by atoms with Gasteiger partial charge in [0.05, 0.1) is 0 Å². The predicted octanol–water partition coefficient (Wildman–Crippen LogP) is 2.21. The van der Waals surface area contributed by atoms with Crippen LogP contribution in [-0.2, 0) is 6.42 Å². The molecule has 2 N–H and O–H groups in total. The van der Waals surface area contributed by atoms with Crippen LogP contribution < -0.4 is 5.73 Å². The fourth-order valence-corrected chi connectivity index (χ4v) is 2.32. The van der Waals surface area contributed by atoms with Crippen LogP contribution in [0.5, 0.6) is 0 Å². The van der Waals surface area contributed by atoms with E-state index in [0.29, 0.717) is 11.8 Å². The Labute approximate surface area is 79.1 Å². The van der Waals surface area contributed by atoms with Crippen LogP contribution in [0.2, 0.25) is 0 Å². The lowest BCUT2D eigenvalue weighted by Crippen LogP contribution is -2.24. The van der Waals surface area contributed by atoms with Crippen molar-refractivity contribution < 1.29 is 4.42 Å². The largest absolute Gasteiger partial charge is 0.466 e. The van der Waals surface area contributed by atoms with Crippen LogP contribution >= 0.6 is 0 Å². The minimum Gasteiger partial charge on any atom is -0.466 e. The normalized spacial score (nSPS) is 27.3. The summed E-state index contributed by atoms with van der Waals surface area (Å²) >= 11 is 0. The number of fused-ring (bicyclic) bond motifs is 1. The number of hydrogen-bond acceptors (Lipinski definition) is 2. The zero-order chi connectivity index (χ0) is 9.42. The van der Waals surface area contributed by atoms with Gasteiger partial charge in [0.1, 0.15) is 11.5 Å². The van der Waals surface area contributed by atoms with Gasteiger partial charge in [0.15, 0.2) is 0 Å². The van der Waals surface area contributed by atoms with Crippen LogP contribution in [0.4, 0.5) is 0 Å². The van der Waals surface area contributed by atoms with Gasteiger partial charge >= 0.3 is 0 Å². The van der Waals surface area contributed by atoms with Gasteiger partial charge in [0.25, 0.3) is 0 Å². The number of furan rings is 1. The summed E-state index contributed by atoms with van der Waals surface area (Å²) in [5.74, 6) is 3.42. The summed E-state index contributed by atoms with van der Waals surface area (Å²) in [6.07, 6.45) is 2.29. The number of rotatable bonds is 1. The third kappa shape index (κ3) is 1.39. The number of aryl methyl sites for hydroxylation is 2. The van der Waals surface area contributed by atoms with Crippen LogP contribution in [0.3, 0.4) is 0 Å². The highest BCUT2D eigenvalue weighted by molar-refractivity contribution is 5.29. The van der Waals surface area contributed by atoms with Gasteiger partial charge < -0.3 is 10.2 Å². The molecule has 2 nitrogen and oxygen atoms in total.